The predicted octanol–water partition coefficient (Wildman–Crippen LogP) is 4.11. The summed E-state index contributed by atoms with van der Waals surface area (Å²) in [4.78, 5) is 13.4. The van der Waals surface area contributed by atoms with Crippen molar-refractivity contribution in [3.05, 3.63) is 54.9 Å². The lowest BCUT2D eigenvalue weighted by Gasteiger charge is -2.20. The number of hydrogen-bond donors (Lipinski definition) is 3. The van der Waals surface area contributed by atoms with Gasteiger partial charge in [-0.05, 0) is 49.2 Å². The number of rotatable bonds is 9. The summed E-state index contributed by atoms with van der Waals surface area (Å²) < 4.78 is 5.49. The number of nitrogens with one attached hydrogen (secondary N) is 2. The van der Waals surface area contributed by atoms with E-state index in [0.717, 1.165) is 22.7 Å². The Balaban J connectivity index is 1.91. The molecule has 0 amide bonds. The van der Waals surface area contributed by atoms with Crippen LogP contribution in [0.1, 0.15) is 20.8 Å². The topological polar surface area (TPSA) is 92.2 Å². The van der Waals surface area contributed by atoms with Crippen molar-refractivity contribution in [3.8, 4) is 17.0 Å². The molecule has 29 heavy (non-hydrogen) atoms. The van der Waals surface area contributed by atoms with Crippen LogP contribution in [0.4, 0.5) is 17.5 Å². The van der Waals surface area contributed by atoms with Crippen molar-refractivity contribution < 1.29 is 9.84 Å². The van der Waals surface area contributed by atoms with Crippen LogP contribution in [0.2, 0.25) is 0 Å². The molecule has 0 unspecified atom stereocenters. The summed E-state index contributed by atoms with van der Waals surface area (Å²) in [5.41, 5.74) is 2.51. The first-order chi connectivity index (χ1) is 14.1. The molecule has 0 aliphatic rings. The zero-order valence-electron chi connectivity index (χ0n) is 17.0. The second-order valence-corrected chi connectivity index (χ2v) is 6.96. The lowest BCUT2D eigenvalue weighted by Crippen LogP contribution is -2.30. The van der Waals surface area contributed by atoms with Crippen LogP contribution in [0.15, 0.2) is 54.9 Å². The van der Waals surface area contributed by atoms with E-state index in [0.29, 0.717) is 18.4 Å². The summed E-state index contributed by atoms with van der Waals surface area (Å²) in [6, 6.07) is 13.3. The van der Waals surface area contributed by atoms with Crippen molar-refractivity contribution >= 4 is 17.5 Å². The molecule has 7 nitrogen and oxygen atoms in total. The van der Waals surface area contributed by atoms with E-state index in [1.165, 1.54) is 0 Å². The highest BCUT2D eigenvalue weighted by Crippen LogP contribution is 2.25. The summed E-state index contributed by atoms with van der Waals surface area (Å²) in [5.74, 6) is 2.15. The third-order valence-electron chi connectivity index (χ3n) is 4.44. The number of anilines is 3. The molecule has 7 heteroatoms. The zero-order valence-corrected chi connectivity index (χ0v) is 17.0. The molecule has 1 atom stereocenters. The van der Waals surface area contributed by atoms with Crippen LogP contribution in [0.5, 0.6) is 5.75 Å². The van der Waals surface area contributed by atoms with E-state index >= 15 is 0 Å². The standard InChI is InChI=1S/C22H27N5O2/c1-4-29-18-9-7-17(8-10-18)24-21-12-19(16-6-5-11-23-13-16)25-22(27-21)26-20(14-28)15(2)3/h5-13,15,20,28H,4,14H2,1-3H3,(H2,24,25,26,27)/t20-/m1/s1. The third kappa shape index (κ3) is 5.65. The number of ether oxygens (including phenoxy) is 1. The van der Waals surface area contributed by atoms with Gasteiger partial charge in [-0.25, -0.2) is 4.98 Å². The number of pyridine rings is 1. The van der Waals surface area contributed by atoms with Crippen molar-refractivity contribution in [1.82, 2.24) is 15.0 Å². The largest absolute Gasteiger partial charge is 0.494 e. The molecule has 3 N–H and O–H groups in total. The Morgan fingerprint density at radius 3 is 2.52 bits per heavy atom. The quantitative estimate of drug-likeness (QED) is 0.504. The van der Waals surface area contributed by atoms with Gasteiger partial charge in [0.25, 0.3) is 0 Å². The van der Waals surface area contributed by atoms with Crippen LogP contribution < -0.4 is 15.4 Å². The summed E-state index contributed by atoms with van der Waals surface area (Å²) >= 11 is 0. The second-order valence-electron chi connectivity index (χ2n) is 6.96. The minimum absolute atomic E-state index is 0.000199. The van der Waals surface area contributed by atoms with Crippen LogP contribution in [-0.4, -0.2) is 39.3 Å². The summed E-state index contributed by atoms with van der Waals surface area (Å²) in [6.07, 6.45) is 3.49. The van der Waals surface area contributed by atoms with Crippen LogP contribution in [0.25, 0.3) is 11.3 Å². The van der Waals surface area contributed by atoms with Gasteiger partial charge in [0.15, 0.2) is 0 Å². The molecule has 1 aromatic carbocycles. The van der Waals surface area contributed by atoms with Crippen molar-refractivity contribution in [3.63, 3.8) is 0 Å². The molecule has 0 aliphatic heterocycles. The number of aromatic nitrogens is 3. The Labute approximate surface area is 171 Å². The molecule has 0 radical (unpaired) electrons. The summed E-state index contributed by atoms with van der Waals surface area (Å²) in [7, 11) is 0. The third-order valence-corrected chi connectivity index (χ3v) is 4.44. The van der Waals surface area contributed by atoms with Gasteiger partial charge in [0, 0.05) is 29.7 Å². The Bertz CT molecular complexity index is 901. The van der Waals surface area contributed by atoms with Crippen LogP contribution in [0, 0.1) is 5.92 Å². The number of aliphatic hydroxyl groups excluding tert-OH is 1. The zero-order chi connectivity index (χ0) is 20.6. The van der Waals surface area contributed by atoms with Gasteiger partial charge in [-0.15, -0.1) is 0 Å². The minimum atomic E-state index is -0.141. The number of aliphatic hydroxyl groups is 1. The molecule has 0 saturated carbocycles. The van der Waals surface area contributed by atoms with Gasteiger partial charge in [-0.3, -0.25) is 4.98 Å². The van der Waals surface area contributed by atoms with E-state index in [2.05, 4.69) is 25.6 Å². The number of benzene rings is 1. The maximum absolute atomic E-state index is 9.66. The van der Waals surface area contributed by atoms with Crippen LogP contribution in [-0.2, 0) is 0 Å². The first-order valence-corrected chi connectivity index (χ1v) is 9.75. The number of nitrogens with zero attached hydrogens (tertiary/aromatic N) is 3. The van der Waals surface area contributed by atoms with E-state index < -0.39 is 0 Å². The Morgan fingerprint density at radius 2 is 1.90 bits per heavy atom. The fourth-order valence-corrected chi connectivity index (χ4v) is 2.78. The molecule has 0 spiro atoms. The fourth-order valence-electron chi connectivity index (χ4n) is 2.78. The maximum atomic E-state index is 9.66. The molecule has 152 valence electrons. The van der Waals surface area contributed by atoms with E-state index in [1.807, 2.05) is 63.2 Å². The second kappa shape index (κ2) is 9.84. The van der Waals surface area contributed by atoms with E-state index in [1.54, 1.807) is 12.4 Å². The van der Waals surface area contributed by atoms with Gasteiger partial charge in [0.2, 0.25) is 5.95 Å². The highest BCUT2D eigenvalue weighted by Gasteiger charge is 2.15. The highest BCUT2D eigenvalue weighted by atomic mass is 16.5. The smallest absolute Gasteiger partial charge is 0.225 e. The van der Waals surface area contributed by atoms with E-state index in [9.17, 15) is 5.11 Å². The van der Waals surface area contributed by atoms with E-state index in [4.69, 9.17) is 4.74 Å². The first kappa shape index (κ1) is 20.5. The van der Waals surface area contributed by atoms with Gasteiger partial charge in [-0.1, -0.05) is 13.8 Å². The van der Waals surface area contributed by atoms with Crippen molar-refractivity contribution in [2.24, 2.45) is 5.92 Å². The molecule has 0 fully saturated rings. The molecular weight excluding hydrogens is 366 g/mol. The van der Waals surface area contributed by atoms with Crippen LogP contribution in [0.3, 0.4) is 0 Å². The molecule has 0 bridgehead atoms. The molecule has 3 rings (SSSR count). The average Bonchev–Trinajstić information content (AvgIpc) is 2.74. The van der Waals surface area contributed by atoms with Gasteiger partial charge < -0.3 is 20.5 Å². The lowest BCUT2D eigenvalue weighted by molar-refractivity contribution is 0.248. The maximum Gasteiger partial charge on any atom is 0.225 e. The molecule has 3 aromatic rings. The van der Waals surface area contributed by atoms with Crippen molar-refractivity contribution in [2.45, 2.75) is 26.8 Å². The monoisotopic (exact) mass is 393 g/mol. The van der Waals surface area contributed by atoms with Crippen molar-refractivity contribution in [2.75, 3.05) is 23.8 Å². The Morgan fingerprint density at radius 1 is 1.10 bits per heavy atom. The summed E-state index contributed by atoms with van der Waals surface area (Å²) in [5, 5.41) is 16.2. The normalized spacial score (nSPS) is 11.9. The Kier molecular flexibility index (Phi) is 6.97. The Hall–Kier alpha value is -3.19. The molecule has 0 aliphatic carbocycles. The SMILES string of the molecule is CCOc1ccc(Nc2cc(-c3cccnc3)nc(N[C@H](CO)C(C)C)n2)cc1. The molecule has 0 saturated heterocycles. The predicted molar refractivity (Wildman–Crippen MR) is 115 cm³/mol. The van der Waals surface area contributed by atoms with Gasteiger partial charge in [0.05, 0.1) is 24.9 Å². The minimum Gasteiger partial charge on any atom is -0.494 e. The van der Waals surface area contributed by atoms with Gasteiger partial charge in [-0.2, -0.15) is 4.98 Å². The fraction of sp³-hybridized carbons (Fsp3) is 0.318. The first-order valence-electron chi connectivity index (χ1n) is 9.75. The van der Waals surface area contributed by atoms with E-state index in [-0.39, 0.29) is 18.6 Å². The molecule has 2 aromatic heterocycles. The highest BCUT2D eigenvalue weighted by molar-refractivity contribution is 5.67. The molecular formula is C22H27N5O2. The van der Waals surface area contributed by atoms with Crippen LogP contribution >= 0.6 is 0 Å². The molecule has 2 heterocycles. The summed E-state index contributed by atoms with van der Waals surface area (Å²) in [6.45, 7) is 6.66. The average molecular weight is 393 g/mol. The van der Waals surface area contributed by atoms with Crippen molar-refractivity contribution in [1.29, 1.82) is 0 Å². The lowest BCUT2D eigenvalue weighted by atomic mass is 10.1. The number of hydrogen-bond acceptors (Lipinski definition) is 7. The van der Waals surface area contributed by atoms with Gasteiger partial charge >= 0.3 is 0 Å². The van der Waals surface area contributed by atoms with Gasteiger partial charge in [0.1, 0.15) is 11.6 Å².